The van der Waals surface area contributed by atoms with Gasteiger partial charge in [-0.3, -0.25) is 0 Å². The van der Waals surface area contributed by atoms with E-state index in [2.05, 4.69) is 10.1 Å². The fourth-order valence-electron chi connectivity index (χ4n) is 2.69. The van der Waals surface area contributed by atoms with Crippen molar-refractivity contribution in [2.45, 2.75) is 31.6 Å². The molecule has 3 unspecified atom stereocenters. The van der Waals surface area contributed by atoms with Crippen LogP contribution in [0.15, 0.2) is 35.6 Å². The van der Waals surface area contributed by atoms with Crippen molar-refractivity contribution in [1.82, 2.24) is 5.32 Å². The average molecular weight is 302 g/mol. The predicted molar refractivity (Wildman–Crippen MR) is 71.0 cm³/mol. The molecule has 0 radical (unpaired) electrons. The molecule has 0 saturated carbocycles. The molecule has 7 heteroatoms. The largest absolute Gasteiger partial charge is 0.464 e. The molecule has 0 fully saturated rings. The number of esters is 1. The average Bonchev–Trinajstić information content (AvgIpc) is 2.82. The van der Waals surface area contributed by atoms with Crippen LogP contribution in [0.5, 0.6) is 0 Å². The van der Waals surface area contributed by atoms with Gasteiger partial charge in [0.05, 0.1) is 12.6 Å². The molecular formula is C14H17F3N2O2. The number of fused-ring (bicyclic) bond motifs is 1. The predicted octanol–water partition coefficient (Wildman–Crippen LogP) is 1.80. The summed E-state index contributed by atoms with van der Waals surface area (Å²) in [4.78, 5) is 11.9. The maximum atomic E-state index is 13.5. The van der Waals surface area contributed by atoms with Crippen molar-refractivity contribution < 1.29 is 22.7 Å². The molecule has 0 spiro atoms. The zero-order valence-corrected chi connectivity index (χ0v) is 11.7. The Balaban J connectivity index is 2.46. The fraction of sp³-hybridized carbons (Fsp3) is 0.500. The third-order valence-corrected chi connectivity index (χ3v) is 3.79. The Kier molecular flexibility index (Phi) is 3.88. The molecule has 3 atom stereocenters. The minimum atomic E-state index is -4.94. The SMILES string of the molecule is CCOC(=O)C(N)(C1=CNC2C=CC=C(C)C12)C(F)(F)F. The Morgan fingerprint density at radius 1 is 1.48 bits per heavy atom. The van der Waals surface area contributed by atoms with E-state index >= 15 is 0 Å². The number of hydrogen-bond acceptors (Lipinski definition) is 4. The molecule has 0 bridgehead atoms. The Morgan fingerprint density at radius 3 is 2.71 bits per heavy atom. The highest BCUT2D eigenvalue weighted by Gasteiger charge is 2.64. The number of halogens is 3. The molecule has 0 aromatic carbocycles. The summed E-state index contributed by atoms with van der Waals surface area (Å²) < 4.78 is 45.0. The Morgan fingerprint density at radius 2 is 2.14 bits per heavy atom. The molecule has 3 N–H and O–H groups in total. The lowest BCUT2D eigenvalue weighted by atomic mass is 9.75. The van der Waals surface area contributed by atoms with Gasteiger partial charge in [-0.2, -0.15) is 13.2 Å². The van der Waals surface area contributed by atoms with E-state index in [0.29, 0.717) is 5.57 Å². The van der Waals surface area contributed by atoms with Crippen molar-refractivity contribution in [3.8, 4) is 0 Å². The summed E-state index contributed by atoms with van der Waals surface area (Å²) in [5.74, 6) is -2.08. The first-order chi connectivity index (χ1) is 9.73. The van der Waals surface area contributed by atoms with E-state index in [4.69, 9.17) is 5.73 Å². The first kappa shape index (κ1) is 15.6. The van der Waals surface area contributed by atoms with Gasteiger partial charge in [-0.15, -0.1) is 0 Å². The van der Waals surface area contributed by atoms with Gasteiger partial charge in [-0.1, -0.05) is 23.8 Å². The number of carbonyl (C=O) groups is 1. The Labute approximate surface area is 120 Å². The quantitative estimate of drug-likeness (QED) is 0.780. The van der Waals surface area contributed by atoms with Crippen LogP contribution in [0.25, 0.3) is 0 Å². The molecular weight excluding hydrogens is 285 g/mol. The van der Waals surface area contributed by atoms with E-state index in [0.717, 1.165) is 0 Å². The summed E-state index contributed by atoms with van der Waals surface area (Å²) in [6.45, 7) is 2.98. The van der Waals surface area contributed by atoms with E-state index < -0.39 is 23.6 Å². The van der Waals surface area contributed by atoms with Crippen LogP contribution >= 0.6 is 0 Å². The van der Waals surface area contributed by atoms with Gasteiger partial charge < -0.3 is 15.8 Å². The highest BCUT2D eigenvalue weighted by Crippen LogP contribution is 2.44. The van der Waals surface area contributed by atoms with Crippen molar-refractivity contribution >= 4 is 5.97 Å². The van der Waals surface area contributed by atoms with Crippen LogP contribution in [0.2, 0.25) is 0 Å². The summed E-state index contributed by atoms with van der Waals surface area (Å²) in [5, 5.41) is 2.84. The minimum absolute atomic E-state index is 0.169. The summed E-state index contributed by atoms with van der Waals surface area (Å²) in [6, 6.07) is -0.329. The third-order valence-electron chi connectivity index (χ3n) is 3.79. The summed E-state index contributed by atoms with van der Waals surface area (Å²) >= 11 is 0. The summed E-state index contributed by atoms with van der Waals surface area (Å²) in [6.07, 6.45) is 1.46. The van der Waals surface area contributed by atoms with Crippen LogP contribution < -0.4 is 11.1 Å². The van der Waals surface area contributed by atoms with Crippen molar-refractivity contribution in [3.05, 3.63) is 35.6 Å². The highest BCUT2D eigenvalue weighted by atomic mass is 19.4. The molecule has 4 nitrogen and oxygen atoms in total. The van der Waals surface area contributed by atoms with Gasteiger partial charge in [-0.05, 0) is 25.6 Å². The van der Waals surface area contributed by atoms with Gasteiger partial charge in [0, 0.05) is 5.92 Å². The van der Waals surface area contributed by atoms with Gasteiger partial charge in [0.15, 0.2) is 0 Å². The zero-order chi connectivity index (χ0) is 15.8. The molecule has 1 heterocycles. The third kappa shape index (κ3) is 2.35. The van der Waals surface area contributed by atoms with Gasteiger partial charge in [0.25, 0.3) is 0 Å². The van der Waals surface area contributed by atoms with Crippen molar-refractivity contribution in [1.29, 1.82) is 0 Å². The number of nitrogens with two attached hydrogens (primary N) is 1. The molecule has 1 aliphatic carbocycles. The first-order valence-corrected chi connectivity index (χ1v) is 6.58. The zero-order valence-electron chi connectivity index (χ0n) is 11.7. The highest BCUT2D eigenvalue weighted by molar-refractivity contribution is 5.86. The van der Waals surface area contributed by atoms with Gasteiger partial charge in [-0.25, -0.2) is 4.79 Å². The van der Waals surface area contributed by atoms with Crippen LogP contribution in [0, 0.1) is 5.92 Å². The van der Waals surface area contributed by atoms with Crippen LogP contribution in [0.4, 0.5) is 13.2 Å². The van der Waals surface area contributed by atoms with Crippen molar-refractivity contribution in [2.24, 2.45) is 11.7 Å². The minimum Gasteiger partial charge on any atom is -0.464 e. The summed E-state index contributed by atoms with van der Waals surface area (Å²) in [5.41, 5.74) is 2.88. The molecule has 0 saturated heterocycles. The maximum Gasteiger partial charge on any atom is 0.421 e. The molecule has 2 rings (SSSR count). The number of allylic oxidation sites excluding steroid dienone is 2. The second-order valence-electron chi connectivity index (χ2n) is 5.09. The Hall–Kier alpha value is -1.76. The van der Waals surface area contributed by atoms with Gasteiger partial charge >= 0.3 is 12.1 Å². The number of carbonyl (C=O) groups excluding carboxylic acids is 1. The second kappa shape index (κ2) is 5.22. The molecule has 0 aromatic heterocycles. The van der Waals surface area contributed by atoms with Crippen LogP contribution in [-0.2, 0) is 9.53 Å². The van der Waals surface area contributed by atoms with E-state index in [1.807, 2.05) is 0 Å². The van der Waals surface area contributed by atoms with E-state index in [1.54, 1.807) is 25.2 Å². The molecule has 1 aliphatic heterocycles. The lowest BCUT2D eigenvalue weighted by Crippen LogP contribution is -2.62. The molecule has 2 aliphatic rings. The number of alkyl halides is 3. The number of nitrogens with one attached hydrogen (secondary N) is 1. The normalized spacial score (nSPS) is 27.1. The maximum absolute atomic E-state index is 13.5. The molecule has 0 amide bonds. The monoisotopic (exact) mass is 302 g/mol. The number of rotatable bonds is 3. The first-order valence-electron chi connectivity index (χ1n) is 6.58. The molecule has 21 heavy (non-hydrogen) atoms. The number of ether oxygens (including phenoxy) is 1. The second-order valence-corrected chi connectivity index (χ2v) is 5.09. The van der Waals surface area contributed by atoms with Crippen molar-refractivity contribution in [3.63, 3.8) is 0 Å². The molecule has 0 aromatic rings. The smallest absolute Gasteiger partial charge is 0.421 e. The van der Waals surface area contributed by atoms with E-state index in [9.17, 15) is 18.0 Å². The Bertz CT molecular complexity index is 537. The topological polar surface area (TPSA) is 64.3 Å². The van der Waals surface area contributed by atoms with Crippen LogP contribution in [-0.4, -0.2) is 30.3 Å². The lowest BCUT2D eigenvalue weighted by molar-refractivity contribution is -0.198. The van der Waals surface area contributed by atoms with E-state index in [-0.39, 0.29) is 18.2 Å². The van der Waals surface area contributed by atoms with E-state index in [1.165, 1.54) is 13.1 Å². The van der Waals surface area contributed by atoms with Gasteiger partial charge in [0.1, 0.15) is 0 Å². The van der Waals surface area contributed by atoms with Crippen LogP contribution in [0.3, 0.4) is 0 Å². The standard InChI is InChI=1S/C14H17F3N2O2/c1-3-21-12(20)13(18,14(15,16)17)9-7-19-10-6-4-5-8(2)11(9)10/h4-7,10-11,19H,3,18H2,1-2H3. The van der Waals surface area contributed by atoms with Crippen LogP contribution in [0.1, 0.15) is 13.8 Å². The van der Waals surface area contributed by atoms with Crippen molar-refractivity contribution in [2.75, 3.05) is 6.61 Å². The summed E-state index contributed by atoms with van der Waals surface area (Å²) in [7, 11) is 0. The molecule has 116 valence electrons. The lowest BCUT2D eigenvalue weighted by Gasteiger charge is -2.35. The van der Waals surface area contributed by atoms with Gasteiger partial charge in [0.2, 0.25) is 5.54 Å². The fourth-order valence-corrected chi connectivity index (χ4v) is 2.69. The number of hydrogen-bond donors (Lipinski definition) is 2.